The summed E-state index contributed by atoms with van der Waals surface area (Å²) in [7, 11) is 0. The highest BCUT2D eigenvalue weighted by molar-refractivity contribution is 7.24. The van der Waals surface area contributed by atoms with Crippen LogP contribution in [0.1, 0.15) is 34.7 Å². The van der Waals surface area contributed by atoms with Crippen LogP contribution in [0.15, 0.2) is 112 Å². The van der Waals surface area contributed by atoms with Gasteiger partial charge in [-0.2, -0.15) is 0 Å². The summed E-state index contributed by atoms with van der Waals surface area (Å²) in [6, 6.07) is 38.0. The fourth-order valence-electron chi connectivity index (χ4n) is 7.25. The SMILES string of the molecule is CCc1cc(CC)cc(-n2c3oc4cc(-c5ccc(-c6ccc(C)s6)s5)ccc4c3c3oc4cc(-c5ccc(-c6ccc(C)s6)s5)ccc4c32)c1. The summed E-state index contributed by atoms with van der Waals surface area (Å²) in [6.45, 7) is 8.78. The maximum absolute atomic E-state index is 6.90. The highest BCUT2D eigenvalue weighted by atomic mass is 32.1. The Morgan fingerprint density at radius 1 is 0.510 bits per heavy atom. The van der Waals surface area contributed by atoms with E-state index < -0.39 is 0 Å². The largest absolute Gasteiger partial charge is 0.454 e. The lowest BCUT2D eigenvalue weighted by Crippen LogP contribution is -1.97. The van der Waals surface area contributed by atoms with Gasteiger partial charge in [-0.3, -0.25) is 4.57 Å². The minimum Gasteiger partial charge on any atom is -0.454 e. The van der Waals surface area contributed by atoms with E-state index in [2.05, 4.69) is 135 Å². The van der Waals surface area contributed by atoms with Crippen molar-refractivity contribution >= 4 is 89.5 Å². The number of thiophene rings is 4. The predicted octanol–water partition coefficient (Wildman–Crippen LogP) is 14.9. The summed E-state index contributed by atoms with van der Waals surface area (Å²) in [5.41, 5.74) is 10.6. The molecule has 0 aliphatic carbocycles. The van der Waals surface area contributed by atoms with Crippen molar-refractivity contribution in [3.05, 3.63) is 124 Å². The van der Waals surface area contributed by atoms with Crippen molar-refractivity contribution in [1.82, 2.24) is 4.57 Å². The third kappa shape index (κ3) is 5.09. The normalized spacial score (nSPS) is 12.1. The van der Waals surface area contributed by atoms with Crippen LogP contribution in [0.3, 0.4) is 0 Å². The Labute approximate surface area is 311 Å². The molecule has 0 aliphatic heterocycles. The molecule has 0 fully saturated rings. The number of aromatic nitrogens is 1. The number of furan rings is 2. The van der Waals surface area contributed by atoms with E-state index in [0.717, 1.165) is 68.2 Å². The molecular formula is C44H33NO2S4. The lowest BCUT2D eigenvalue weighted by molar-refractivity contribution is 0.645. The van der Waals surface area contributed by atoms with Crippen molar-refractivity contribution in [2.45, 2.75) is 40.5 Å². The van der Waals surface area contributed by atoms with Crippen molar-refractivity contribution in [3.8, 4) is 46.1 Å². The molecule has 3 nitrogen and oxygen atoms in total. The Balaban J connectivity index is 1.16. The molecule has 7 heterocycles. The molecule has 0 saturated heterocycles. The molecule has 0 atom stereocenters. The third-order valence-electron chi connectivity index (χ3n) is 9.85. The summed E-state index contributed by atoms with van der Waals surface area (Å²) in [5.74, 6) is 0. The lowest BCUT2D eigenvalue weighted by Gasteiger charge is -2.10. The number of hydrogen-bond donors (Lipinski definition) is 0. The first-order valence-corrected chi connectivity index (χ1v) is 20.6. The van der Waals surface area contributed by atoms with Gasteiger partial charge in [0.25, 0.3) is 0 Å². The number of aryl methyl sites for hydroxylation is 4. The van der Waals surface area contributed by atoms with E-state index >= 15 is 0 Å². The molecule has 10 rings (SSSR count). The quantitative estimate of drug-likeness (QED) is 0.163. The van der Waals surface area contributed by atoms with Crippen LogP contribution in [0.25, 0.3) is 90.2 Å². The predicted molar refractivity (Wildman–Crippen MR) is 222 cm³/mol. The molecule has 0 bridgehead atoms. The lowest BCUT2D eigenvalue weighted by atomic mass is 10.1. The zero-order chi connectivity index (χ0) is 34.4. The first kappa shape index (κ1) is 31.1. The van der Waals surface area contributed by atoms with Crippen LogP contribution < -0.4 is 0 Å². The zero-order valence-electron chi connectivity index (χ0n) is 28.6. The second-order valence-corrected chi connectivity index (χ2v) is 17.9. The minimum atomic E-state index is 0.826. The molecule has 3 aromatic carbocycles. The molecule has 0 unspecified atom stereocenters. The van der Waals surface area contributed by atoms with Gasteiger partial charge in [0.2, 0.25) is 5.71 Å². The molecule has 7 aromatic heterocycles. The number of benzene rings is 3. The average Bonchev–Trinajstić information content (AvgIpc) is 3.99. The number of rotatable bonds is 7. The Hall–Kier alpha value is -4.66. The van der Waals surface area contributed by atoms with E-state index in [1.807, 2.05) is 45.3 Å². The third-order valence-corrected chi connectivity index (χ3v) is 14.5. The van der Waals surface area contributed by atoms with Gasteiger partial charge in [-0.25, -0.2) is 0 Å². The van der Waals surface area contributed by atoms with Gasteiger partial charge < -0.3 is 8.83 Å². The first-order chi connectivity index (χ1) is 24.9. The van der Waals surface area contributed by atoms with Crippen LogP contribution in [0.4, 0.5) is 0 Å². The fourth-order valence-corrected chi connectivity index (χ4v) is 11.2. The van der Waals surface area contributed by atoms with E-state index in [-0.39, 0.29) is 0 Å². The molecule has 0 radical (unpaired) electrons. The van der Waals surface area contributed by atoms with E-state index in [1.165, 1.54) is 55.7 Å². The molecule has 0 aliphatic rings. The Morgan fingerprint density at radius 3 is 1.57 bits per heavy atom. The maximum Gasteiger partial charge on any atom is 0.217 e. The van der Waals surface area contributed by atoms with Gasteiger partial charge >= 0.3 is 0 Å². The smallest absolute Gasteiger partial charge is 0.217 e. The molecule has 250 valence electrons. The standard InChI is InChI=1S/C44H33NO2S4/c1-5-26-19-27(6-2)21-30(20-26)45-42-32-12-10-29(36-16-18-40(51-36)38-14-8-25(4)49-38)23-34(32)46-43(42)41-31-11-9-28(22-33(31)47-44(41)45)35-15-17-39(50-35)37-13-7-24(3)48-37/h7-23H,5-6H2,1-4H3. The Morgan fingerprint density at radius 2 is 1.02 bits per heavy atom. The summed E-state index contributed by atoms with van der Waals surface area (Å²) in [6.07, 6.45) is 1.93. The topological polar surface area (TPSA) is 31.2 Å². The monoisotopic (exact) mass is 735 g/mol. The van der Waals surface area contributed by atoms with Crippen molar-refractivity contribution < 1.29 is 8.83 Å². The fraction of sp³-hybridized carbons (Fsp3) is 0.136. The van der Waals surface area contributed by atoms with Crippen molar-refractivity contribution in [2.75, 3.05) is 0 Å². The Kier molecular flexibility index (Phi) is 7.29. The molecule has 0 spiro atoms. The second-order valence-electron chi connectivity index (χ2n) is 13.2. The van der Waals surface area contributed by atoms with Crippen LogP contribution in [-0.2, 0) is 12.8 Å². The highest BCUT2D eigenvalue weighted by Gasteiger charge is 2.26. The van der Waals surface area contributed by atoms with Crippen molar-refractivity contribution in [3.63, 3.8) is 0 Å². The van der Waals surface area contributed by atoms with Gasteiger partial charge in [0.15, 0.2) is 5.58 Å². The molecule has 0 saturated carbocycles. The number of nitrogens with zero attached hydrogens (tertiary/aromatic N) is 1. The van der Waals surface area contributed by atoms with Crippen LogP contribution in [0.2, 0.25) is 0 Å². The summed E-state index contributed by atoms with van der Waals surface area (Å²) < 4.78 is 16.1. The molecule has 0 amide bonds. The maximum atomic E-state index is 6.90. The summed E-state index contributed by atoms with van der Waals surface area (Å²) in [5, 5.41) is 3.18. The second kappa shape index (κ2) is 12.0. The van der Waals surface area contributed by atoms with Gasteiger partial charge in [-0.05, 0) is 134 Å². The van der Waals surface area contributed by atoms with Gasteiger partial charge in [-0.15, -0.1) is 45.3 Å². The molecule has 7 heteroatoms. The molecule has 0 N–H and O–H groups in total. The van der Waals surface area contributed by atoms with Gasteiger partial charge in [0, 0.05) is 55.5 Å². The molecule has 51 heavy (non-hydrogen) atoms. The van der Waals surface area contributed by atoms with Crippen molar-refractivity contribution in [2.24, 2.45) is 0 Å². The highest BCUT2D eigenvalue weighted by Crippen LogP contribution is 2.46. The van der Waals surface area contributed by atoms with Crippen LogP contribution in [-0.4, -0.2) is 4.57 Å². The molecular weight excluding hydrogens is 703 g/mol. The van der Waals surface area contributed by atoms with Gasteiger partial charge in [0.1, 0.15) is 16.7 Å². The number of fused-ring (bicyclic) bond motifs is 7. The molecule has 10 aromatic rings. The van der Waals surface area contributed by atoms with Crippen LogP contribution >= 0.6 is 45.3 Å². The summed E-state index contributed by atoms with van der Waals surface area (Å²) >= 11 is 7.35. The Bertz CT molecular complexity index is 2910. The van der Waals surface area contributed by atoms with E-state index in [1.54, 1.807) is 0 Å². The van der Waals surface area contributed by atoms with E-state index in [4.69, 9.17) is 8.83 Å². The van der Waals surface area contributed by atoms with Gasteiger partial charge in [0.05, 0.1) is 5.39 Å². The van der Waals surface area contributed by atoms with Crippen LogP contribution in [0, 0.1) is 13.8 Å². The average molecular weight is 736 g/mol. The van der Waals surface area contributed by atoms with Crippen LogP contribution in [0.5, 0.6) is 0 Å². The number of hydrogen-bond acceptors (Lipinski definition) is 6. The van der Waals surface area contributed by atoms with E-state index in [0.29, 0.717) is 0 Å². The van der Waals surface area contributed by atoms with Gasteiger partial charge in [-0.1, -0.05) is 32.0 Å². The first-order valence-electron chi connectivity index (χ1n) is 17.3. The van der Waals surface area contributed by atoms with Crippen molar-refractivity contribution in [1.29, 1.82) is 0 Å². The zero-order valence-corrected chi connectivity index (χ0v) is 31.9. The van der Waals surface area contributed by atoms with E-state index in [9.17, 15) is 0 Å². The summed E-state index contributed by atoms with van der Waals surface area (Å²) in [4.78, 5) is 10.4. The minimum absolute atomic E-state index is 0.826.